The number of benzene rings is 1. The molecule has 0 aliphatic carbocycles. The predicted octanol–water partition coefficient (Wildman–Crippen LogP) is 2.85. The summed E-state index contributed by atoms with van der Waals surface area (Å²) < 4.78 is 47.7. The molecular formula is C20H30FNO3. The van der Waals surface area contributed by atoms with Gasteiger partial charge in [-0.25, -0.2) is 4.39 Å². The van der Waals surface area contributed by atoms with Gasteiger partial charge in [0, 0.05) is 24.7 Å². The number of aliphatic hydroxyl groups excluding tert-OH is 2. The minimum absolute atomic E-state index is 0.000823. The van der Waals surface area contributed by atoms with Crippen LogP contribution in [0.1, 0.15) is 54.9 Å². The quantitative estimate of drug-likeness (QED) is 0.824. The molecule has 0 radical (unpaired) electrons. The lowest BCUT2D eigenvalue weighted by atomic mass is 9.79. The van der Waals surface area contributed by atoms with Gasteiger partial charge in [-0.05, 0) is 54.4 Å². The molecule has 1 fully saturated rings. The van der Waals surface area contributed by atoms with Crippen molar-refractivity contribution >= 4 is 0 Å². The second-order valence-corrected chi connectivity index (χ2v) is 7.57. The van der Waals surface area contributed by atoms with E-state index in [1.165, 1.54) is 0 Å². The first-order valence-corrected chi connectivity index (χ1v) is 8.99. The number of aliphatic hydroxyl groups is 2. The Hall–Kier alpha value is -1.17. The zero-order valence-electron chi connectivity index (χ0n) is 18.8. The highest BCUT2D eigenvalue weighted by atomic mass is 19.1. The molecule has 25 heavy (non-hydrogen) atoms. The van der Waals surface area contributed by atoms with Gasteiger partial charge < -0.3 is 14.9 Å². The largest absolute Gasteiger partial charge is 0.490 e. The number of piperidine rings is 1. The fraction of sp³-hybridized carbons (Fsp3) is 0.700. The summed E-state index contributed by atoms with van der Waals surface area (Å²) in [7, 11) is 0. The van der Waals surface area contributed by atoms with Gasteiger partial charge in [-0.3, -0.25) is 4.90 Å². The molecule has 0 bridgehead atoms. The third kappa shape index (κ3) is 3.99. The zero-order chi connectivity index (χ0) is 21.6. The van der Waals surface area contributed by atoms with Crippen molar-refractivity contribution < 1.29 is 24.8 Å². The van der Waals surface area contributed by atoms with Crippen molar-refractivity contribution in [2.24, 2.45) is 11.8 Å². The number of hydrogen-bond acceptors (Lipinski definition) is 4. The normalized spacial score (nSPS) is 29.9. The van der Waals surface area contributed by atoms with Crippen LogP contribution in [0.4, 0.5) is 4.39 Å². The van der Waals surface area contributed by atoms with Crippen LogP contribution in [0.5, 0.6) is 5.75 Å². The Morgan fingerprint density at radius 1 is 1.44 bits per heavy atom. The molecule has 3 rings (SSSR count). The van der Waals surface area contributed by atoms with E-state index in [0.717, 1.165) is 30.6 Å². The van der Waals surface area contributed by atoms with Gasteiger partial charge >= 0.3 is 0 Å². The van der Waals surface area contributed by atoms with Gasteiger partial charge in [0.05, 0.1) is 18.2 Å². The third-order valence-corrected chi connectivity index (χ3v) is 5.41. The SMILES string of the molecule is [2H]C([2H])(F)C([2H])([2H])Oc1cc2c(cc1CO)[C@H]1C[C@@H](O)[C@H](CC(C)C)CN1CC2. The van der Waals surface area contributed by atoms with Crippen molar-refractivity contribution in [1.82, 2.24) is 4.90 Å². The van der Waals surface area contributed by atoms with Gasteiger partial charge in [-0.1, -0.05) is 13.8 Å². The summed E-state index contributed by atoms with van der Waals surface area (Å²) in [6, 6.07) is 3.30. The maximum absolute atomic E-state index is 13.6. The summed E-state index contributed by atoms with van der Waals surface area (Å²) in [5, 5.41) is 20.4. The molecule has 3 atom stereocenters. The molecule has 2 aliphatic heterocycles. The maximum atomic E-state index is 13.6. The van der Waals surface area contributed by atoms with E-state index in [0.29, 0.717) is 18.8 Å². The first kappa shape index (κ1) is 14.0. The fourth-order valence-corrected chi connectivity index (χ4v) is 4.30. The smallest absolute Gasteiger partial charge is 0.125 e. The van der Waals surface area contributed by atoms with Crippen LogP contribution in [0.2, 0.25) is 0 Å². The van der Waals surface area contributed by atoms with Crippen molar-refractivity contribution in [1.29, 1.82) is 0 Å². The summed E-state index contributed by atoms with van der Waals surface area (Å²) in [6.45, 7) is -1.42. The number of ether oxygens (including phenoxy) is 1. The average molecular weight is 355 g/mol. The molecule has 0 unspecified atom stereocenters. The van der Waals surface area contributed by atoms with Crippen molar-refractivity contribution in [2.45, 2.75) is 51.9 Å². The summed E-state index contributed by atoms with van der Waals surface area (Å²) in [4.78, 5) is 2.35. The van der Waals surface area contributed by atoms with Crippen molar-refractivity contribution in [2.75, 3.05) is 26.3 Å². The van der Waals surface area contributed by atoms with E-state index in [-0.39, 0.29) is 23.3 Å². The average Bonchev–Trinajstić information content (AvgIpc) is 2.60. The molecule has 5 heteroatoms. The van der Waals surface area contributed by atoms with Crippen LogP contribution >= 0.6 is 0 Å². The molecule has 1 aromatic carbocycles. The molecular weight excluding hydrogens is 321 g/mol. The van der Waals surface area contributed by atoms with E-state index in [2.05, 4.69) is 18.7 Å². The summed E-state index contributed by atoms with van der Waals surface area (Å²) >= 11 is 0. The standard InChI is InChI=1S/C20H30FNO3/c1-13(2)7-15-11-22-5-3-14-9-20(25-6-4-21)16(12-23)8-17(14)18(22)10-19(15)24/h8-9,13,15,18-19,23-24H,3-7,10-12H2,1-2H3/t15-,18-,19-/m1/s1/i4D2,6D2. The molecule has 0 saturated carbocycles. The van der Waals surface area contributed by atoms with Crippen LogP contribution in [0.15, 0.2) is 12.1 Å². The van der Waals surface area contributed by atoms with E-state index < -0.39 is 25.9 Å². The Bertz CT molecular complexity index is 741. The van der Waals surface area contributed by atoms with E-state index in [9.17, 15) is 14.6 Å². The maximum Gasteiger partial charge on any atom is 0.125 e. The lowest BCUT2D eigenvalue weighted by Gasteiger charge is -2.46. The first-order chi connectivity index (χ1) is 13.4. The lowest BCUT2D eigenvalue weighted by molar-refractivity contribution is -0.0191. The third-order valence-electron chi connectivity index (χ3n) is 5.41. The molecule has 1 saturated heterocycles. The topological polar surface area (TPSA) is 52.9 Å². The zero-order valence-corrected chi connectivity index (χ0v) is 14.8. The van der Waals surface area contributed by atoms with E-state index >= 15 is 0 Å². The van der Waals surface area contributed by atoms with Crippen LogP contribution in [0.3, 0.4) is 0 Å². The van der Waals surface area contributed by atoms with Gasteiger partial charge in [0.15, 0.2) is 0 Å². The molecule has 4 nitrogen and oxygen atoms in total. The summed E-state index contributed by atoms with van der Waals surface area (Å²) in [5.74, 6) is 0.683. The minimum Gasteiger partial charge on any atom is -0.490 e. The van der Waals surface area contributed by atoms with Crippen LogP contribution in [-0.4, -0.2) is 47.5 Å². The highest BCUT2D eigenvalue weighted by Crippen LogP contribution is 2.41. The minimum atomic E-state index is -3.69. The lowest BCUT2D eigenvalue weighted by Crippen LogP contribution is -2.48. The van der Waals surface area contributed by atoms with Crippen molar-refractivity contribution in [3.8, 4) is 5.75 Å². The molecule has 2 heterocycles. The van der Waals surface area contributed by atoms with Crippen molar-refractivity contribution in [3.63, 3.8) is 0 Å². The number of nitrogens with zero attached hydrogens (tertiary/aromatic N) is 1. The molecule has 140 valence electrons. The molecule has 0 spiro atoms. The van der Waals surface area contributed by atoms with Crippen LogP contribution < -0.4 is 4.74 Å². The van der Waals surface area contributed by atoms with Crippen molar-refractivity contribution in [3.05, 3.63) is 28.8 Å². The van der Waals surface area contributed by atoms with Crippen LogP contribution in [0.25, 0.3) is 0 Å². The second-order valence-electron chi connectivity index (χ2n) is 7.57. The highest BCUT2D eigenvalue weighted by Gasteiger charge is 2.38. The number of halogens is 1. The van der Waals surface area contributed by atoms with Gasteiger partial charge in [0.25, 0.3) is 0 Å². The van der Waals surface area contributed by atoms with Gasteiger partial charge in [-0.2, -0.15) is 0 Å². The molecule has 0 aromatic heterocycles. The molecule has 0 amide bonds. The Morgan fingerprint density at radius 3 is 2.92 bits per heavy atom. The van der Waals surface area contributed by atoms with Crippen LogP contribution in [0, 0.1) is 11.8 Å². The van der Waals surface area contributed by atoms with E-state index in [4.69, 9.17) is 10.2 Å². The molecule has 2 aliphatic rings. The fourth-order valence-electron chi connectivity index (χ4n) is 4.30. The Kier molecular flexibility index (Phi) is 4.48. The summed E-state index contributed by atoms with van der Waals surface area (Å²) in [6.07, 6.45) is 1.82. The number of fused-ring (bicyclic) bond motifs is 3. The van der Waals surface area contributed by atoms with Crippen LogP contribution in [-0.2, 0) is 13.0 Å². The van der Waals surface area contributed by atoms with Gasteiger partial charge in [0.1, 0.15) is 18.9 Å². The monoisotopic (exact) mass is 355 g/mol. The number of alkyl halides is 1. The number of rotatable bonds is 6. The molecule has 2 N–H and O–H groups in total. The predicted molar refractivity (Wildman–Crippen MR) is 95.4 cm³/mol. The molecule has 1 aromatic rings. The number of hydrogen-bond donors (Lipinski definition) is 2. The Balaban J connectivity index is 1.88. The first-order valence-electron chi connectivity index (χ1n) is 11.0. The van der Waals surface area contributed by atoms with Gasteiger partial charge in [-0.15, -0.1) is 0 Å². The van der Waals surface area contributed by atoms with E-state index in [1.807, 2.05) is 0 Å². The van der Waals surface area contributed by atoms with Gasteiger partial charge in [0.2, 0.25) is 0 Å². The van der Waals surface area contributed by atoms with E-state index in [1.54, 1.807) is 12.1 Å². The second kappa shape index (κ2) is 8.02. The Morgan fingerprint density at radius 2 is 2.24 bits per heavy atom. The summed E-state index contributed by atoms with van der Waals surface area (Å²) in [5.41, 5.74) is 2.12. The highest BCUT2D eigenvalue weighted by molar-refractivity contribution is 5.45. The Labute approximate surface area is 155 Å².